The number of nitrogens with zero attached hydrogens (tertiary/aromatic N) is 1. The van der Waals surface area contributed by atoms with Gasteiger partial charge in [-0.15, -0.1) is 11.6 Å². The number of phenols is 2. The smallest absolute Gasteiger partial charge is 0.258 e. The van der Waals surface area contributed by atoms with Crippen LogP contribution in [0.15, 0.2) is 48.5 Å². The summed E-state index contributed by atoms with van der Waals surface area (Å²) in [5, 5.41) is 19.3. The first-order valence-electron chi connectivity index (χ1n) is 6.53. The Morgan fingerprint density at radius 2 is 1.76 bits per heavy atom. The topological polar surface area (TPSA) is 60.8 Å². The van der Waals surface area contributed by atoms with Gasteiger partial charge in [-0.3, -0.25) is 4.79 Å². The average molecular weight is 306 g/mol. The summed E-state index contributed by atoms with van der Waals surface area (Å²) in [7, 11) is 0. The second-order valence-corrected chi connectivity index (χ2v) is 4.95. The average Bonchev–Trinajstić information content (AvgIpc) is 2.50. The Bertz CT molecular complexity index is 616. The van der Waals surface area contributed by atoms with Crippen molar-refractivity contribution in [1.29, 1.82) is 0 Å². The Morgan fingerprint density at radius 1 is 1.05 bits per heavy atom. The second-order valence-electron chi connectivity index (χ2n) is 4.57. The zero-order chi connectivity index (χ0) is 15.2. The number of amides is 1. The van der Waals surface area contributed by atoms with E-state index in [0.717, 1.165) is 5.56 Å². The first-order valence-corrected chi connectivity index (χ1v) is 7.07. The number of aromatic hydroxyl groups is 2. The van der Waals surface area contributed by atoms with Crippen LogP contribution in [0, 0.1) is 0 Å². The van der Waals surface area contributed by atoms with Crippen LogP contribution >= 0.6 is 11.6 Å². The fraction of sp³-hybridized carbons (Fsp3) is 0.188. The van der Waals surface area contributed by atoms with Gasteiger partial charge < -0.3 is 15.1 Å². The molecule has 0 saturated heterocycles. The predicted molar refractivity (Wildman–Crippen MR) is 81.7 cm³/mol. The zero-order valence-corrected chi connectivity index (χ0v) is 12.1. The van der Waals surface area contributed by atoms with Gasteiger partial charge in [0.15, 0.2) is 11.5 Å². The number of para-hydroxylation sites is 1. The maximum atomic E-state index is 12.5. The molecule has 0 aliphatic carbocycles. The van der Waals surface area contributed by atoms with Gasteiger partial charge in [0, 0.05) is 19.0 Å². The standard InChI is InChI=1S/C16H16ClNO3/c17-9-10-18(11-12-5-2-1-3-6-12)16(21)13-7-4-8-14(19)15(13)20/h1-8,19-20H,9-11H2. The lowest BCUT2D eigenvalue weighted by Crippen LogP contribution is -2.32. The summed E-state index contributed by atoms with van der Waals surface area (Å²) in [5.74, 6) is -0.799. The van der Waals surface area contributed by atoms with Gasteiger partial charge in [0.05, 0.1) is 5.56 Å². The summed E-state index contributed by atoms with van der Waals surface area (Å²) in [6, 6.07) is 13.8. The van der Waals surface area contributed by atoms with Crippen LogP contribution in [0.2, 0.25) is 0 Å². The molecule has 2 aromatic carbocycles. The molecule has 0 bridgehead atoms. The molecule has 0 aromatic heterocycles. The summed E-state index contributed by atoms with van der Waals surface area (Å²) in [6.45, 7) is 0.742. The monoisotopic (exact) mass is 305 g/mol. The van der Waals surface area contributed by atoms with Crippen molar-refractivity contribution in [3.05, 3.63) is 59.7 Å². The summed E-state index contributed by atoms with van der Waals surface area (Å²) >= 11 is 5.76. The predicted octanol–water partition coefficient (Wildman–Crippen LogP) is 2.98. The van der Waals surface area contributed by atoms with Crippen molar-refractivity contribution in [3.8, 4) is 11.5 Å². The van der Waals surface area contributed by atoms with Crippen molar-refractivity contribution in [2.75, 3.05) is 12.4 Å². The van der Waals surface area contributed by atoms with Gasteiger partial charge in [-0.05, 0) is 17.7 Å². The summed E-state index contributed by atoms with van der Waals surface area (Å²) in [4.78, 5) is 14.0. The van der Waals surface area contributed by atoms with E-state index in [9.17, 15) is 15.0 Å². The third-order valence-corrected chi connectivity index (χ3v) is 3.27. The van der Waals surface area contributed by atoms with Crippen LogP contribution in [0.25, 0.3) is 0 Å². The first kappa shape index (κ1) is 15.2. The van der Waals surface area contributed by atoms with Gasteiger partial charge in [0.25, 0.3) is 5.91 Å². The molecule has 0 radical (unpaired) electrons. The maximum absolute atomic E-state index is 12.5. The van der Waals surface area contributed by atoms with Gasteiger partial charge >= 0.3 is 0 Å². The highest BCUT2D eigenvalue weighted by Gasteiger charge is 2.20. The van der Waals surface area contributed by atoms with E-state index in [2.05, 4.69) is 0 Å². The van der Waals surface area contributed by atoms with Gasteiger partial charge in [-0.1, -0.05) is 36.4 Å². The molecule has 0 unspecified atom stereocenters. The summed E-state index contributed by atoms with van der Waals surface area (Å²) in [6.07, 6.45) is 0. The molecule has 21 heavy (non-hydrogen) atoms. The van der Waals surface area contributed by atoms with E-state index in [-0.39, 0.29) is 23.1 Å². The number of alkyl halides is 1. The third-order valence-electron chi connectivity index (χ3n) is 3.10. The Labute approximate surface area is 128 Å². The number of carbonyl (C=O) groups is 1. The Balaban J connectivity index is 2.25. The quantitative estimate of drug-likeness (QED) is 0.659. The Kier molecular flexibility index (Phi) is 5.06. The lowest BCUT2D eigenvalue weighted by atomic mass is 10.1. The molecule has 0 fully saturated rings. The van der Waals surface area contributed by atoms with Gasteiger partial charge in [-0.2, -0.15) is 0 Å². The number of carbonyl (C=O) groups excluding carboxylic acids is 1. The van der Waals surface area contributed by atoms with E-state index in [0.29, 0.717) is 13.1 Å². The van der Waals surface area contributed by atoms with Gasteiger partial charge in [0.1, 0.15) is 0 Å². The van der Waals surface area contributed by atoms with E-state index in [1.165, 1.54) is 23.1 Å². The molecule has 2 aromatic rings. The van der Waals surface area contributed by atoms with Gasteiger partial charge in [0.2, 0.25) is 0 Å². The van der Waals surface area contributed by atoms with E-state index < -0.39 is 5.75 Å². The molecule has 1 amide bonds. The minimum absolute atomic E-state index is 0.0658. The first-order chi connectivity index (χ1) is 10.1. The minimum atomic E-state index is -0.407. The number of hydrogen-bond donors (Lipinski definition) is 2. The van der Waals surface area contributed by atoms with E-state index in [1.54, 1.807) is 0 Å². The van der Waals surface area contributed by atoms with Crippen LogP contribution in [0.3, 0.4) is 0 Å². The zero-order valence-electron chi connectivity index (χ0n) is 11.4. The second kappa shape index (κ2) is 6.99. The highest BCUT2D eigenvalue weighted by molar-refractivity contribution is 6.18. The van der Waals surface area contributed by atoms with Crippen molar-refractivity contribution in [2.45, 2.75) is 6.54 Å². The largest absolute Gasteiger partial charge is 0.504 e. The molecular weight excluding hydrogens is 290 g/mol. The lowest BCUT2D eigenvalue weighted by molar-refractivity contribution is 0.0750. The van der Waals surface area contributed by atoms with Crippen molar-refractivity contribution < 1.29 is 15.0 Å². The molecule has 0 heterocycles. The van der Waals surface area contributed by atoms with Crippen molar-refractivity contribution in [1.82, 2.24) is 4.90 Å². The minimum Gasteiger partial charge on any atom is -0.504 e. The molecule has 0 aliphatic rings. The van der Waals surface area contributed by atoms with Crippen LogP contribution in [-0.4, -0.2) is 33.4 Å². The highest BCUT2D eigenvalue weighted by Crippen LogP contribution is 2.29. The molecule has 2 N–H and O–H groups in total. The van der Waals surface area contributed by atoms with E-state index in [1.807, 2.05) is 30.3 Å². The van der Waals surface area contributed by atoms with Crippen molar-refractivity contribution >= 4 is 17.5 Å². The molecule has 0 saturated carbocycles. The summed E-state index contributed by atoms with van der Waals surface area (Å²) < 4.78 is 0. The van der Waals surface area contributed by atoms with Crippen LogP contribution in [0.4, 0.5) is 0 Å². The molecule has 0 aliphatic heterocycles. The van der Waals surface area contributed by atoms with Crippen LogP contribution in [-0.2, 0) is 6.54 Å². The Morgan fingerprint density at radius 3 is 2.43 bits per heavy atom. The van der Waals surface area contributed by atoms with Crippen LogP contribution < -0.4 is 0 Å². The number of hydrogen-bond acceptors (Lipinski definition) is 3. The fourth-order valence-electron chi connectivity index (χ4n) is 2.03. The summed E-state index contributed by atoms with van der Waals surface area (Å²) in [5.41, 5.74) is 1.03. The SMILES string of the molecule is O=C(c1cccc(O)c1O)N(CCCl)Cc1ccccc1. The van der Waals surface area contributed by atoms with E-state index in [4.69, 9.17) is 11.6 Å². The van der Waals surface area contributed by atoms with Crippen LogP contribution in [0.1, 0.15) is 15.9 Å². The van der Waals surface area contributed by atoms with Crippen molar-refractivity contribution in [2.24, 2.45) is 0 Å². The van der Waals surface area contributed by atoms with E-state index >= 15 is 0 Å². The molecule has 110 valence electrons. The highest BCUT2D eigenvalue weighted by atomic mass is 35.5. The fourth-order valence-corrected chi connectivity index (χ4v) is 2.24. The Hall–Kier alpha value is -2.20. The third kappa shape index (κ3) is 3.67. The maximum Gasteiger partial charge on any atom is 0.258 e. The molecule has 4 nitrogen and oxygen atoms in total. The molecular formula is C16H16ClNO3. The number of rotatable bonds is 5. The lowest BCUT2D eigenvalue weighted by Gasteiger charge is -2.22. The van der Waals surface area contributed by atoms with Crippen molar-refractivity contribution in [3.63, 3.8) is 0 Å². The van der Waals surface area contributed by atoms with Crippen LogP contribution in [0.5, 0.6) is 11.5 Å². The molecule has 0 spiro atoms. The molecule has 2 rings (SSSR count). The molecule has 5 heteroatoms. The number of phenolic OH excluding ortho intramolecular Hbond substituents is 2. The normalized spacial score (nSPS) is 10.3. The molecule has 0 atom stereocenters. The van der Waals surface area contributed by atoms with Gasteiger partial charge in [-0.25, -0.2) is 0 Å². The number of halogens is 1. The number of benzene rings is 2.